The number of fused-ring (bicyclic) bond motifs is 1. The summed E-state index contributed by atoms with van der Waals surface area (Å²) in [6, 6.07) is 21.7. The monoisotopic (exact) mass is 792 g/mol. The van der Waals surface area contributed by atoms with Gasteiger partial charge in [0.15, 0.2) is 5.69 Å². The van der Waals surface area contributed by atoms with Gasteiger partial charge in [0, 0.05) is 69.9 Å². The molecule has 1 aliphatic rings. The van der Waals surface area contributed by atoms with Crippen LogP contribution in [0.3, 0.4) is 0 Å². The van der Waals surface area contributed by atoms with E-state index in [2.05, 4.69) is 50.2 Å². The van der Waals surface area contributed by atoms with Crippen molar-refractivity contribution in [3.63, 3.8) is 0 Å². The number of halogens is 1. The molecule has 14 nitrogen and oxygen atoms in total. The molecule has 0 unspecified atom stereocenters. The maximum atomic E-state index is 14.9. The van der Waals surface area contributed by atoms with E-state index in [1.807, 2.05) is 30.3 Å². The number of benzene rings is 3. The molecular weight excluding hydrogens is 744 g/mol. The van der Waals surface area contributed by atoms with E-state index in [1.165, 1.54) is 24.6 Å². The highest BCUT2D eigenvalue weighted by atomic mass is 19.1. The van der Waals surface area contributed by atoms with E-state index in [1.54, 1.807) is 41.2 Å². The zero-order valence-corrected chi connectivity index (χ0v) is 33.0. The summed E-state index contributed by atoms with van der Waals surface area (Å²) in [7, 11) is 1.75. The smallest absolute Gasteiger partial charge is 0.272 e. The van der Waals surface area contributed by atoms with Gasteiger partial charge in [0.05, 0.1) is 42.1 Å². The van der Waals surface area contributed by atoms with Gasteiger partial charge >= 0.3 is 0 Å². The zero-order chi connectivity index (χ0) is 41.4. The number of carbonyl (C=O) groups excluding carboxylic acids is 4. The highest BCUT2D eigenvalue weighted by Gasteiger charge is 2.26. The molecule has 1 saturated heterocycles. The summed E-state index contributed by atoms with van der Waals surface area (Å²) in [5.74, 6) is -1.48. The molecule has 3 aromatic carbocycles. The number of hydrogen-bond donors (Lipinski definition) is 4. The molecule has 2 aromatic heterocycles. The van der Waals surface area contributed by atoms with Crippen LogP contribution in [0.1, 0.15) is 51.5 Å². The fourth-order valence-corrected chi connectivity index (χ4v) is 6.51. The molecule has 15 heteroatoms. The summed E-state index contributed by atoms with van der Waals surface area (Å²) < 4.78 is 20.5. The number of carbonyl (C=O) groups is 4. The first kappa shape index (κ1) is 42.8. The third-order valence-corrected chi connectivity index (χ3v) is 9.60. The molecule has 0 aliphatic carbocycles. The first-order valence-corrected chi connectivity index (χ1v) is 19.2. The minimum Gasteiger partial charge on any atom is -0.386 e. The molecule has 0 atom stereocenters. The molecule has 1 aliphatic heterocycles. The van der Waals surface area contributed by atoms with Crippen molar-refractivity contribution >= 4 is 40.5 Å². The third-order valence-electron chi connectivity index (χ3n) is 9.60. The Morgan fingerprint density at radius 2 is 1.62 bits per heavy atom. The van der Waals surface area contributed by atoms with Crippen molar-refractivity contribution < 1.29 is 28.3 Å². The van der Waals surface area contributed by atoms with Crippen molar-refractivity contribution in [1.82, 2.24) is 35.6 Å². The highest BCUT2D eigenvalue weighted by Crippen LogP contribution is 2.25. The maximum Gasteiger partial charge on any atom is 0.272 e. The summed E-state index contributed by atoms with van der Waals surface area (Å²) in [6.07, 6.45) is 3.69. The molecule has 6 rings (SSSR count). The molecule has 0 saturated carbocycles. The first-order chi connectivity index (χ1) is 28.2. The van der Waals surface area contributed by atoms with Crippen LogP contribution in [0.2, 0.25) is 0 Å². The van der Waals surface area contributed by atoms with Crippen molar-refractivity contribution in [2.45, 2.75) is 26.7 Å². The van der Waals surface area contributed by atoms with Gasteiger partial charge in [-0.1, -0.05) is 55.5 Å². The van der Waals surface area contributed by atoms with Gasteiger partial charge < -0.3 is 35.3 Å². The number of aromatic nitrogens is 3. The van der Waals surface area contributed by atoms with Crippen LogP contribution in [0.15, 0.2) is 83.8 Å². The van der Waals surface area contributed by atoms with Gasteiger partial charge in [-0.15, -0.1) is 0 Å². The van der Waals surface area contributed by atoms with Gasteiger partial charge in [-0.2, -0.15) is 5.10 Å². The third kappa shape index (κ3) is 11.2. The van der Waals surface area contributed by atoms with E-state index < -0.39 is 11.7 Å². The van der Waals surface area contributed by atoms with Crippen LogP contribution < -0.4 is 21.5 Å². The van der Waals surface area contributed by atoms with Crippen molar-refractivity contribution in [1.29, 1.82) is 0 Å². The summed E-state index contributed by atoms with van der Waals surface area (Å²) in [5.41, 5.74) is 5.08. The normalized spacial score (nSPS) is 12.4. The Balaban J connectivity index is 0.00000207. The molecule has 3 amide bonds. The molecule has 3 heterocycles. The molecule has 5 aromatic rings. The van der Waals surface area contributed by atoms with Crippen LogP contribution in [-0.4, -0.2) is 115 Å². The fourth-order valence-electron chi connectivity index (χ4n) is 6.51. The van der Waals surface area contributed by atoms with E-state index in [-0.39, 0.29) is 42.6 Å². The summed E-state index contributed by atoms with van der Waals surface area (Å²) in [5, 5.41) is 16.9. The molecular formula is C43H49FN8O6. The Bertz CT molecular complexity index is 2270. The van der Waals surface area contributed by atoms with Gasteiger partial charge in [0.1, 0.15) is 12.1 Å². The van der Waals surface area contributed by atoms with E-state index in [0.29, 0.717) is 79.2 Å². The lowest BCUT2D eigenvalue weighted by molar-refractivity contribution is -0.131. The number of H-pyrrole nitrogens is 1. The molecule has 304 valence electrons. The number of anilines is 1. The Kier molecular flexibility index (Phi) is 15.7. The number of aldehydes is 1. The van der Waals surface area contributed by atoms with Gasteiger partial charge in [-0.05, 0) is 54.3 Å². The predicted molar refractivity (Wildman–Crippen MR) is 220 cm³/mol. The van der Waals surface area contributed by atoms with E-state index >= 15 is 0 Å². The SMILES string of the molecule is CC=O.CCc1cccc(-c2cnc(C(=O)NCCOCCNCC(=O)N3CCN(C(=O)c4cc(Cc5n[nH]c(=O)c6ccccc56)ccc4F)CC3)c(NC)c2)c1. The number of nitrogens with zero attached hydrogens (tertiary/aromatic N) is 4. The average Bonchev–Trinajstić information content (AvgIpc) is 3.26. The van der Waals surface area contributed by atoms with Crippen molar-refractivity contribution in [3.8, 4) is 11.1 Å². The summed E-state index contributed by atoms with van der Waals surface area (Å²) in [6.45, 7) is 6.23. The van der Waals surface area contributed by atoms with Crippen LogP contribution in [0.25, 0.3) is 21.9 Å². The Morgan fingerprint density at radius 1 is 0.897 bits per heavy atom. The number of ether oxygens (including phenoxy) is 1. The summed E-state index contributed by atoms with van der Waals surface area (Å²) >= 11 is 0. The standard InChI is InChI=1S/C41H45FN8O5.C2H4O/c1-3-27-7-6-8-29(21-27)30-24-36(43-2)38(46-25-30)40(53)45-14-20-55-19-13-44-26-37(51)49-15-17-50(18-16-49)41(54)33-22-28(11-12-34(33)42)23-35-31-9-4-5-10-32(31)39(52)48-47-35;1-2-3/h4-12,21-22,24-25,43-44H,3,13-20,23,26H2,1-2H3,(H,45,53)(H,48,52);2H,1H3. The van der Waals surface area contributed by atoms with Crippen molar-refractivity contribution in [3.05, 3.63) is 123 Å². The summed E-state index contributed by atoms with van der Waals surface area (Å²) in [4.78, 5) is 67.6. The first-order valence-electron chi connectivity index (χ1n) is 19.2. The Morgan fingerprint density at radius 3 is 2.36 bits per heavy atom. The van der Waals surface area contributed by atoms with E-state index in [4.69, 9.17) is 9.53 Å². The zero-order valence-electron chi connectivity index (χ0n) is 33.0. The number of amides is 3. The number of rotatable bonds is 15. The minimum absolute atomic E-state index is 0.0467. The van der Waals surface area contributed by atoms with Crippen molar-refractivity contribution in [2.24, 2.45) is 0 Å². The van der Waals surface area contributed by atoms with Gasteiger partial charge in [-0.3, -0.25) is 19.2 Å². The second-order valence-electron chi connectivity index (χ2n) is 13.4. The second kappa shape index (κ2) is 21.3. The number of pyridine rings is 1. The minimum atomic E-state index is -0.625. The Labute approximate surface area is 336 Å². The van der Waals surface area contributed by atoms with Crippen LogP contribution in [0.4, 0.5) is 10.1 Å². The molecule has 4 N–H and O–H groups in total. The Hall–Kier alpha value is -6.32. The van der Waals surface area contributed by atoms with Crippen molar-refractivity contribution in [2.75, 3.05) is 71.4 Å². The van der Waals surface area contributed by atoms with E-state index in [9.17, 15) is 23.6 Å². The molecule has 0 spiro atoms. The predicted octanol–water partition coefficient (Wildman–Crippen LogP) is 3.84. The van der Waals surface area contributed by atoms with Crippen LogP contribution in [-0.2, 0) is 27.2 Å². The topological polar surface area (TPSA) is 179 Å². The maximum absolute atomic E-state index is 14.9. The number of hydrogen-bond acceptors (Lipinski definition) is 10. The lowest BCUT2D eigenvalue weighted by atomic mass is 10.0. The number of aromatic amines is 1. The van der Waals surface area contributed by atoms with Gasteiger partial charge in [-0.25, -0.2) is 14.5 Å². The second-order valence-corrected chi connectivity index (χ2v) is 13.4. The van der Waals surface area contributed by atoms with Gasteiger partial charge in [0.2, 0.25) is 5.91 Å². The molecule has 1 fully saturated rings. The lowest BCUT2D eigenvalue weighted by Gasteiger charge is -2.35. The molecule has 0 radical (unpaired) electrons. The average molecular weight is 793 g/mol. The fraction of sp³-hybridized carbons (Fsp3) is 0.326. The van der Waals surface area contributed by atoms with Crippen LogP contribution >= 0.6 is 0 Å². The lowest BCUT2D eigenvalue weighted by Crippen LogP contribution is -2.52. The van der Waals surface area contributed by atoms with Gasteiger partial charge in [0.25, 0.3) is 17.4 Å². The van der Waals surface area contributed by atoms with Crippen LogP contribution in [0.5, 0.6) is 0 Å². The van der Waals surface area contributed by atoms with Crippen LogP contribution in [0, 0.1) is 5.82 Å². The number of nitrogens with one attached hydrogen (secondary N) is 4. The number of aryl methyl sites for hydroxylation is 1. The number of piperazine rings is 1. The van der Waals surface area contributed by atoms with E-state index in [0.717, 1.165) is 23.8 Å². The molecule has 0 bridgehead atoms. The molecule has 58 heavy (non-hydrogen) atoms. The largest absolute Gasteiger partial charge is 0.386 e. The highest BCUT2D eigenvalue weighted by molar-refractivity contribution is 5.98. The quantitative estimate of drug-likeness (QED) is 0.0900.